The average molecular weight is 250 g/mol. The molecule has 2 heterocycles. The van der Waals surface area contributed by atoms with Crippen molar-refractivity contribution in [3.8, 4) is 0 Å². The van der Waals surface area contributed by atoms with E-state index in [4.69, 9.17) is 0 Å². The van der Waals surface area contributed by atoms with Crippen molar-refractivity contribution in [1.29, 1.82) is 0 Å². The summed E-state index contributed by atoms with van der Waals surface area (Å²) in [5.41, 5.74) is 3.58. The van der Waals surface area contributed by atoms with Gasteiger partial charge in [0.2, 0.25) is 5.91 Å². The van der Waals surface area contributed by atoms with E-state index in [2.05, 4.69) is 15.4 Å². The number of carbonyl (C=O) groups excluding carboxylic acids is 3. The highest BCUT2D eigenvalue weighted by atomic mass is 16.2. The molecule has 1 aromatic heterocycles. The van der Waals surface area contributed by atoms with Crippen LogP contribution < -0.4 is 5.43 Å². The standard InChI is InChI=1S/C11H14N4O3/c16-5-9(3-8-4-12-7-13-8)14-15-10(6-17)1-2-11(15)18/h4-7,9-10,14H,1-3H2,(H,12,13)/t9-,10-/m0/s1. The van der Waals surface area contributed by atoms with Crippen LogP contribution in [0.1, 0.15) is 18.5 Å². The predicted octanol–water partition coefficient (Wildman–Crippen LogP) is -0.786. The molecule has 7 heteroatoms. The van der Waals surface area contributed by atoms with Crippen LogP contribution in [-0.2, 0) is 20.8 Å². The van der Waals surface area contributed by atoms with Crippen LogP contribution in [-0.4, -0.2) is 45.5 Å². The van der Waals surface area contributed by atoms with E-state index in [0.29, 0.717) is 25.5 Å². The van der Waals surface area contributed by atoms with E-state index < -0.39 is 12.1 Å². The van der Waals surface area contributed by atoms with E-state index >= 15 is 0 Å². The van der Waals surface area contributed by atoms with Crippen molar-refractivity contribution >= 4 is 18.5 Å². The molecule has 1 aliphatic rings. The van der Waals surface area contributed by atoms with Crippen LogP contribution >= 0.6 is 0 Å². The van der Waals surface area contributed by atoms with Gasteiger partial charge in [0.05, 0.1) is 12.4 Å². The zero-order valence-corrected chi connectivity index (χ0v) is 9.70. The van der Waals surface area contributed by atoms with Crippen molar-refractivity contribution < 1.29 is 14.4 Å². The zero-order valence-electron chi connectivity index (χ0n) is 9.70. The first-order chi connectivity index (χ1) is 8.74. The molecule has 1 fully saturated rings. The van der Waals surface area contributed by atoms with Gasteiger partial charge in [-0.25, -0.2) is 10.4 Å². The van der Waals surface area contributed by atoms with E-state index in [9.17, 15) is 14.4 Å². The van der Waals surface area contributed by atoms with Gasteiger partial charge in [0.25, 0.3) is 0 Å². The number of nitrogens with zero attached hydrogens (tertiary/aromatic N) is 2. The topological polar surface area (TPSA) is 95.2 Å². The summed E-state index contributed by atoms with van der Waals surface area (Å²) in [5, 5.41) is 1.25. The van der Waals surface area contributed by atoms with Gasteiger partial charge in [0, 0.05) is 24.7 Å². The van der Waals surface area contributed by atoms with Gasteiger partial charge in [-0.3, -0.25) is 9.80 Å². The van der Waals surface area contributed by atoms with E-state index in [1.54, 1.807) is 6.20 Å². The summed E-state index contributed by atoms with van der Waals surface area (Å²) in [6, 6.07) is -1.04. The van der Waals surface area contributed by atoms with Crippen molar-refractivity contribution in [1.82, 2.24) is 20.4 Å². The molecule has 18 heavy (non-hydrogen) atoms. The number of hydrogen-bond acceptors (Lipinski definition) is 5. The SMILES string of the molecule is O=C[C@H](Cc1cnc[nH]1)NN1C(=O)CC[C@H]1C=O. The second-order valence-electron chi connectivity index (χ2n) is 4.16. The van der Waals surface area contributed by atoms with Crippen molar-refractivity contribution in [3.05, 3.63) is 18.2 Å². The van der Waals surface area contributed by atoms with Gasteiger partial charge >= 0.3 is 0 Å². The lowest BCUT2D eigenvalue weighted by atomic mass is 10.2. The third kappa shape index (κ3) is 2.62. The summed E-state index contributed by atoms with van der Waals surface area (Å²) >= 11 is 0. The van der Waals surface area contributed by atoms with Crippen molar-refractivity contribution in [2.45, 2.75) is 31.3 Å². The van der Waals surface area contributed by atoms with E-state index in [-0.39, 0.29) is 5.91 Å². The van der Waals surface area contributed by atoms with E-state index in [0.717, 1.165) is 12.0 Å². The maximum atomic E-state index is 11.6. The summed E-state index contributed by atoms with van der Waals surface area (Å²) in [5.74, 6) is -0.163. The zero-order chi connectivity index (χ0) is 13.0. The van der Waals surface area contributed by atoms with Gasteiger partial charge < -0.3 is 14.6 Å². The van der Waals surface area contributed by atoms with Gasteiger partial charge in [-0.05, 0) is 6.42 Å². The first-order valence-electron chi connectivity index (χ1n) is 5.70. The summed E-state index contributed by atoms with van der Waals surface area (Å²) in [4.78, 5) is 40.1. The largest absolute Gasteiger partial charge is 0.348 e. The molecule has 0 bridgehead atoms. The van der Waals surface area contributed by atoms with Crippen LogP contribution in [0.5, 0.6) is 0 Å². The lowest BCUT2D eigenvalue weighted by Crippen LogP contribution is -2.51. The molecule has 96 valence electrons. The first-order valence-corrected chi connectivity index (χ1v) is 5.70. The normalized spacial score (nSPS) is 21.0. The number of hydrazine groups is 1. The van der Waals surface area contributed by atoms with E-state index in [1.165, 1.54) is 11.3 Å². The molecular weight excluding hydrogens is 236 g/mol. The highest BCUT2D eigenvalue weighted by molar-refractivity contribution is 5.83. The summed E-state index contributed by atoms with van der Waals surface area (Å²) < 4.78 is 0. The molecule has 0 unspecified atom stereocenters. The minimum atomic E-state index is -0.560. The fraction of sp³-hybridized carbons (Fsp3) is 0.455. The number of aromatic amines is 1. The molecule has 0 aliphatic carbocycles. The van der Waals surface area contributed by atoms with Crippen LogP contribution in [0.2, 0.25) is 0 Å². The summed E-state index contributed by atoms with van der Waals surface area (Å²) in [6.45, 7) is 0. The Morgan fingerprint density at radius 1 is 1.61 bits per heavy atom. The molecule has 0 spiro atoms. The number of imidazole rings is 1. The molecule has 1 aliphatic heterocycles. The number of H-pyrrole nitrogens is 1. The fourth-order valence-electron chi connectivity index (χ4n) is 1.94. The van der Waals surface area contributed by atoms with Crippen molar-refractivity contribution in [3.63, 3.8) is 0 Å². The van der Waals surface area contributed by atoms with Crippen molar-refractivity contribution in [2.24, 2.45) is 0 Å². The lowest BCUT2D eigenvalue weighted by Gasteiger charge is -2.24. The van der Waals surface area contributed by atoms with Gasteiger partial charge in [-0.15, -0.1) is 0 Å². The third-order valence-corrected chi connectivity index (χ3v) is 2.88. The van der Waals surface area contributed by atoms with Gasteiger partial charge in [0.1, 0.15) is 18.6 Å². The van der Waals surface area contributed by atoms with Gasteiger partial charge in [-0.2, -0.15) is 0 Å². The molecule has 0 saturated carbocycles. The third-order valence-electron chi connectivity index (χ3n) is 2.88. The maximum Gasteiger partial charge on any atom is 0.237 e. The Morgan fingerprint density at radius 3 is 3.06 bits per heavy atom. The minimum Gasteiger partial charge on any atom is -0.348 e. The average Bonchev–Trinajstić information content (AvgIpc) is 2.99. The highest BCUT2D eigenvalue weighted by Crippen LogP contribution is 2.15. The lowest BCUT2D eigenvalue weighted by molar-refractivity contribution is -0.135. The Hall–Kier alpha value is -2.02. The number of nitrogens with one attached hydrogen (secondary N) is 2. The predicted molar refractivity (Wildman–Crippen MR) is 61.2 cm³/mol. The number of aromatic nitrogens is 2. The van der Waals surface area contributed by atoms with Crippen LogP contribution in [0.25, 0.3) is 0 Å². The molecule has 0 radical (unpaired) electrons. The molecule has 1 saturated heterocycles. The highest BCUT2D eigenvalue weighted by Gasteiger charge is 2.32. The van der Waals surface area contributed by atoms with Crippen molar-refractivity contribution in [2.75, 3.05) is 0 Å². The maximum absolute atomic E-state index is 11.6. The minimum absolute atomic E-state index is 0.163. The monoisotopic (exact) mass is 250 g/mol. The smallest absolute Gasteiger partial charge is 0.237 e. The Bertz CT molecular complexity index is 432. The van der Waals surface area contributed by atoms with Gasteiger partial charge in [-0.1, -0.05) is 0 Å². The molecule has 7 nitrogen and oxygen atoms in total. The quantitative estimate of drug-likeness (QED) is 0.645. The molecule has 1 amide bonds. The Kier molecular flexibility index (Phi) is 3.83. The number of rotatable bonds is 6. The first kappa shape index (κ1) is 12.4. The second-order valence-corrected chi connectivity index (χ2v) is 4.16. The number of carbonyl (C=O) groups is 3. The van der Waals surface area contributed by atoms with E-state index in [1.807, 2.05) is 0 Å². The number of amides is 1. The molecular formula is C11H14N4O3. The molecule has 2 rings (SSSR count). The molecule has 2 N–H and O–H groups in total. The van der Waals surface area contributed by atoms with Crippen LogP contribution in [0, 0.1) is 0 Å². The fourth-order valence-corrected chi connectivity index (χ4v) is 1.94. The summed E-state index contributed by atoms with van der Waals surface area (Å²) in [7, 11) is 0. The summed E-state index contributed by atoms with van der Waals surface area (Å²) in [6.07, 6.45) is 5.77. The molecule has 2 atom stereocenters. The Labute approximate surface area is 104 Å². The molecule has 0 aromatic carbocycles. The number of aldehydes is 2. The molecule has 1 aromatic rings. The van der Waals surface area contributed by atoms with Gasteiger partial charge in [0.15, 0.2) is 0 Å². The Morgan fingerprint density at radius 2 is 2.44 bits per heavy atom. The Balaban J connectivity index is 1.99. The van der Waals surface area contributed by atoms with Crippen LogP contribution in [0.15, 0.2) is 12.5 Å². The second kappa shape index (κ2) is 5.54. The van der Waals surface area contributed by atoms with Crippen LogP contribution in [0.3, 0.4) is 0 Å². The van der Waals surface area contributed by atoms with Crippen LogP contribution in [0.4, 0.5) is 0 Å². The number of hydrogen-bond donors (Lipinski definition) is 2.